The molecule has 0 saturated heterocycles. The van der Waals surface area contributed by atoms with E-state index >= 15 is 0 Å². The molecule has 0 aliphatic rings. The van der Waals surface area contributed by atoms with Crippen LogP contribution in [-0.4, -0.2) is 11.2 Å². The van der Waals surface area contributed by atoms with Gasteiger partial charge in [0.2, 0.25) is 0 Å². The van der Waals surface area contributed by atoms with Gasteiger partial charge in [0, 0.05) is 0 Å². The third-order valence-electron chi connectivity index (χ3n) is 1.76. The molecule has 0 radical (unpaired) electrons. The first-order valence-electron chi connectivity index (χ1n) is 5.75. The Hall–Kier alpha value is -0.890. The van der Waals surface area contributed by atoms with Gasteiger partial charge >= 0.3 is 0 Å². The van der Waals surface area contributed by atoms with Crippen molar-refractivity contribution < 1.29 is 9.47 Å². The highest BCUT2D eigenvalue weighted by atomic mass is 35.5. The van der Waals surface area contributed by atoms with E-state index in [2.05, 4.69) is 0 Å². The molecular weight excluding hydrogens is 236 g/mol. The summed E-state index contributed by atoms with van der Waals surface area (Å²) in [5.41, 5.74) is -0.582. The first-order valence-corrected chi connectivity index (χ1v) is 6.13. The molecule has 0 fully saturated rings. The van der Waals surface area contributed by atoms with Crippen LogP contribution >= 0.6 is 11.6 Å². The Balaban J connectivity index is 3.09. The monoisotopic (exact) mass is 256 g/mol. The summed E-state index contributed by atoms with van der Waals surface area (Å²) in [6.07, 6.45) is 0. The number of rotatable bonds is 2. The lowest BCUT2D eigenvalue weighted by molar-refractivity contribution is 0.0959. The molecule has 17 heavy (non-hydrogen) atoms. The van der Waals surface area contributed by atoms with Gasteiger partial charge in [-0.25, -0.2) is 0 Å². The topological polar surface area (TPSA) is 18.5 Å². The van der Waals surface area contributed by atoms with Gasteiger partial charge in [-0.1, -0.05) is 17.7 Å². The molecular formula is C14H21ClO2. The molecule has 2 nitrogen and oxygen atoms in total. The second kappa shape index (κ2) is 4.77. The van der Waals surface area contributed by atoms with Crippen molar-refractivity contribution in [3.8, 4) is 11.5 Å². The van der Waals surface area contributed by atoms with Crippen molar-refractivity contribution in [3.05, 3.63) is 23.2 Å². The van der Waals surface area contributed by atoms with Crippen molar-refractivity contribution in [2.24, 2.45) is 0 Å². The van der Waals surface area contributed by atoms with E-state index < -0.39 is 0 Å². The molecule has 0 amide bonds. The van der Waals surface area contributed by atoms with Crippen LogP contribution in [0.3, 0.4) is 0 Å². The molecule has 0 N–H and O–H groups in total. The van der Waals surface area contributed by atoms with Gasteiger partial charge in [-0.3, -0.25) is 0 Å². The Morgan fingerprint density at radius 2 is 1.41 bits per heavy atom. The molecule has 0 saturated carbocycles. The van der Waals surface area contributed by atoms with Gasteiger partial charge < -0.3 is 9.47 Å². The summed E-state index contributed by atoms with van der Waals surface area (Å²) in [5.74, 6) is 1.29. The smallest absolute Gasteiger partial charge is 0.180 e. The Labute approximate surface area is 109 Å². The quantitative estimate of drug-likeness (QED) is 0.764. The molecule has 1 rings (SSSR count). The van der Waals surface area contributed by atoms with Crippen LogP contribution in [0.5, 0.6) is 11.5 Å². The van der Waals surface area contributed by atoms with Crippen molar-refractivity contribution in [1.82, 2.24) is 0 Å². The van der Waals surface area contributed by atoms with Gasteiger partial charge in [0.1, 0.15) is 11.2 Å². The highest BCUT2D eigenvalue weighted by molar-refractivity contribution is 6.32. The van der Waals surface area contributed by atoms with E-state index in [0.717, 1.165) is 0 Å². The zero-order chi connectivity index (χ0) is 13.3. The number of hydrogen-bond donors (Lipinski definition) is 0. The van der Waals surface area contributed by atoms with Crippen LogP contribution in [0.15, 0.2) is 18.2 Å². The number of para-hydroxylation sites is 1. The summed E-state index contributed by atoms with van der Waals surface area (Å²) in [7, 11) is 0. The predicted octanol–water partition coefficient (Wildman–Crippen LogP) is 4.69. The van der Waals surface area contributed by atoms with Crippen LogP contribution in [0.4, 0.5) is 0 Å². The molecule has 0 spiro atoms. The zero-order valence-corrected chi connectivity index (χ0v) is 12.2. The molecule has 1 aromatic rings. The van der Waals surface area contributed by atoms with E-state index in [1.807, 2.05) is 53.7 Å². The van der Waals surface area contributed by atoms with Gasteiger partial charge in [0.25, 0.3) is 0 Å². The summed E-state index contributed by atoms with van der Waals surface area (Å²) in [6, 6.07) is 5.54. The average molecular weight is 257 g/mol. The summed E-state index contributed by atoms with van der Waals surface area (Å²) in [4.78, 5) is 0. The van der Waals surface area contributed by atoms with Crippen LogP contribution in [0.1, 0.15) is 41.5 Å². The van der Waals surface area contributed by atoms with Gasteiger partial charge in [-0.2, -0.15) is 0 Å². The first kappa shape index (κ1) is 14.2. The fourth-order valence-electron chi connectivity index (χ4n) is 1.30. The van der Waals surface area contributed by atoms with Crippen molar-refractivity contribution in [2.75, 3.05) is 0 Å². The number of hydrogen-bond acceptors (Lipinski definition) is 2. The number of benzene rings is 1. The normalized spacial score (nSPS) is 12.4. The molecule has 0 aliphatic carbocycles. The minimum Gasteiger partial charge on any atom is -0.484 e. The van der Waals surface area contributed by atoms with Crippen molar-refractivity contribution in [1.29, 1.82) is 0 Å². The average Bonchev–Trinajstić information content (AvgIpc) is 2.07. The lowest BCUT2D eigenvalue weighted by Gasteiger charge is -2.27. The minimum absolute atomic E-state index is 0.277. The Kier molecular flexibility index (Phi) is 3.98. The van der Waals surface area contributed by atoms with E-state index in [0.29, 0.717) is 16.5 Å². The molecule has 0 heterocycles. The molecule has 0 aliphatic heterocycles. The Bertz CT molecular complexity index is 386. The molecule has 0 atom stereocenters. The van der Waals surface area contributed by atoms with E-state index in [-0.39, 0.29) is 11.2 Å². The van der Waals surface area contributed by atoms with Crippen LogP contribution in [0.25, 0.3) is 0 Å². The van der Waals surface area contributed by atoms with Gasteiger partial charge in [0.05, 0.1) is 5.02 Å². The maximum Gasteiger partial charge on any atom is 0.180 e. The van der Waals surface area contributed by atoms with E-state index in [9.17, 15) is 0 Å². The largest absolute Gasteiger partial charge is 0.484 e. The van der Waals surface area contributed by atoms with Gasteiger partial charge in [0.15, 0.2) is 11.5 Å². The third kappa shape index (κ3) is 4.86. The maximum atomic E-state index is 6.16. The summed E-state index contributed by atoms with van der Waals surface area (Å²) >= 11 is 6.16. The minimum atomic E-state index is -0.305. The predicted molar refractivity (Wildman–Crippen MR) is 72.2 cm³/mol. The molecule has 96 valence electrons. The summed E-state index contributed by atoms with van der Waals surface area (Å²) in [6.45, 7) is 11.9. The van der Waals surface area contributed by atoms with Crippen molar-refractivity contribution >= 4 is 11.6 Å². The zero-order valence-electron chi connectivity index (χ0n) is 11.4. The number of halogens is 1. The van der Waals surface area contributed by atoms with Crippen LogP contribution < -0.4 is 9.47 Å². The fourth-order valence-corrected chi connectivity index (χ4v) is 1.51. The lowest BCUT2D eigenvalue weighted by atomic mass is 10.1. The van der Waals surface area contributed by atoms with E-state index in [1.54, 1.807) is 6.07 Å². The van der Waals surface area contributed by atoms with Crippen molar-refractivity contribution in [3.63, 3.8) is 0 Å². The van der Waals surface area contributed by atoms with Gasteiger partial charge in [-0.15, -0.1) is 0 Å². The maximum absolute atomic E-state index is 6.16. The lowest BCUT2D eigenvalue weighted by Crippen LogP contribution is -2.26. The second-order valence-corrected chi connectivity index (χ2v) is 6.40. The number of ether oxygens (including phenoxy) is 2. The molecule has 0 bridgehead atoms. The molecule has 1 aromatic carbocycles. The van der Waals surface area contributed by atoms with Gasteiger partial charge in [-0.05, 0) is 53.7 Å². The molecule has 0 unspecified atom stereocenters. The summed E-state index contributed by atoms with van der Waals surface area (Å²) in [5, 5.41) is 0.571. The van der Waals surface area contributed by atoms with Crippen LogP contribution in [0, 0.1) is 0 Å². The van der Waals surface area contributed by atoms with E-state index in [1.165, 1.54) is 0 Å². The first-order chi connectivity index (χ1) is 7.58. The van der Waals surface area contributed by atoms with Crippen molar-refractivity contribution in [2.45, 2.75) is 52.7 Å². The Morgan fingerprint density at radius 3 is 1.88 bits per heavy atom. The summed E-state index contributed by atoms with van der Waals surface area (Å²) < 4.78 is 11.7. The highest BCUT2D eigenvalue weighted by Gasteiger charge is 2.21. The van der Waals surface area contributed by atoms with Crippen LogP contribution in [0.2, 0.25) is 5.02 Å². The Morgan fingerprint density at radius 1 is 0.882 bits per heavy atom. The second-order valence-electron chi connectivity index (χ2n) is 6.00. The SMILES string of the molecule is CC(C)(C)Oc1cccc(Cl)c1OC(C)(C)C. The molecule has 0 aromatic heterocycles. The van der Waals surface area contributed by atoms with E-state index in [4.69, 9.17) is 21.1 Å². The highest BCUT2D eigenvalue weighted by Crippen LogP contribution is 2.38. The standard InChI is InChI=1S/C14H21ClO2/c1-13(2,3)16-11-9-7-8-10(15)12(11)17-14(4,5)6/h7-9H,1-6H3. The molecule has 3 heteroatoms. The fraction of sp³-hybridized carbons (Fsp3) is 0.571. The third-order valence-corrected chi connectivity index (χ3v) is 2.05. The van der Waals surface area contributed by atoms with Crippen LogP contribution in [-0.2, 0) is 0 Å².